The molecule has 4 N–H and O–H groups in total. The zero-order valence-corrected chi connectivity index (χ0v) is 19.3. The molecule has 0 aromatic heterocycles. The first-order valence-electron chi connectivity index (χ1n) is 11.3. The monoisotopic (exact) mass is 476 g/mol. The van der Waals surface area contributed by atoms with Crippen LogP contribution >= 0.6 is 0 Å². The van der Waals surface area contributed by atoms with E-state index in [1.807, 2.05) is 0 Å². The summed E-state index contributed by atoms with van der Waals surface area (Å²) in [6, 6.07) is 31.1. The number of Topliss-reactive ketones (excluding diaryl/α,β-unsaturated/α-hetero) is 4. The average Bonchev–Trinajstić information content (AvgIpc) is 2.94. The van der Waals surface area contributed by atoms with Crippen LogP contribution in [-0.4, -0.2) is 28.8 Å². The molecule has 0 radical (unpaired) electrons. The maximum atomic E-state index is 14.3. The predicted molar refractivity (Wildman–Crippen MR) is 137 cm³/mol. The van der Waals surface area contributed by atoms with Crippen LogP contribution in [0.4, 0.5) is 0 Å². The third-order valence-corrected chi connectivity index (χ3v) is 6.16. The molecule has 4 rings (SSSR count). The van der Waals surface area contributed by atoms with Crippen molar-refractivity contribution in [3.63, 3.8) is 0 Å². The molecule has 6 heteroatoms. The van der Waals surface area contributed by atoms with Gasteiger partial charge in [-0.25, -0.2) is 0 Å². The van der Waals surface area contributed by atoms with Crippen molar-refractivity contribution in [2.45, 2.75) is 5.66 Å². The van der Waals surface area contributed by atoms with Crippen LogP contribution in [-0.2, 0) is 0 Å². The Bertz CT molecular complexity index is 1280. The third kappa shape index (κ3) is 4.09. The fourth-order valence-electron chi connectivity index (χ4n) is 4.29. The molecule has 36 heavy (non-hydrogen) atoms. The van der Waals surface area contributed by atoms with Crippen LogP contribution in [0, 0.1) is 5.41 Å². The highest BCUT2D eigenvalue weighted by molar-refractivity contribution is 6.39. The Kier molecular flexibility index (Phi) is 6.83. The summed E-state index contributed by atoms with van der Waals surface area (Å²) in [4.78, 5) is 56.8. The lowest BCUT2D eigenvalue weighted by molar-refractivity contribution is 0.0412. The number of hydrogen-bond acceptors (Lipinski definition) is 6. The maximum absolute atomic E-state index is 14.3. The van der Waals surface area contributed by atoms with Gasteiger partial charge in [-0.15, -0.1) is 0 Å². The molecule has 0 bridgehead atoms. The fourth-order valence-corrected chi connectivity index (χ4v) is 4.29. The van der Waals surface area contributed by atoms with Crippen LogP contribution in [0.25, 0.3) is 0 Å². The molecule has 0 aliphatic heterocycles. The van der Waals surface area contributed by atoms with E-state index in [0.29, 0.717) is 0 Å². The highest BCUT2D eigenvalue weighted by Gasteiger charge is 2.66. The maximum Gasteiger partial charge on any atom is 0.199 e. The van der Waals surface area contributed by atoms with E-state index in [9.17, 15) is 19.2 Å². The lowest BCUT2D eigenvalue weighted by Gasteiger charge is -2.41. The Morgan fingerprint density at radius 2 is 0.611 bits per heavy atom. The molecule has 0 unspecified atom stereocenters. The summed E-state index contributed by atoms with van der Waals surface area (Å²) in [5.41, 5.74) is 7.69. The van der Waals surface area contributed by atoms with Gasteiger partial charge in [-0.3, -0.25) is 19.2 Å². The molecule has 178 valence electrons. The summed E-state index contributed by atoms with van der Waals surface area (Å²) < 4.78 is 0. The number of benzene rings is 4. The van der Waals surface area contributed by atoms with E-state index in [1.165, 1.54) is 48.5 Å². The summed E-state index contributed by atoms with van der Waals surface area (Å²) >= 11 is 0. The van der Waals surface area contributed by atoms with Crippen LogP contribution < -0.4 is 11.5 Å². The van der Waals surface area contributed by atoms with Gasteiger partial charge in [-0.05, 0) is 0 Å². The van der Waals surface area contributed by atoms with E-state index in [-0.39, 0.29) is 22.3 Å². The third-order valence-electron chi connectivity index (χ3n) is 6.16. The van der Waals surface area contributed by atoms with Gasteiger partial charge in [-0.2, -0.15) is 0 Å². The first-order chi connectivity index (χ1) is 17.3. The van der Waals surface area contributed by atoms with E-state index in [2.05, 4.69) is 0 Å². The van der Waals surface area contributed by atoms with Gasteiger partial charge in [0.25, 0.3) is 0 Å². The Labute approximate surface area is 208 Å². The summed E-state index contributed by atoms with van der Waals surface area (Å²) in [6.45, 7) is 0. The molecule has 0 saturated heterocycles. The average molecular weight is 477 g/mol. The summed E-state index contributed by atoms with van der Waals surface area (Å²) in [7, 11) is 0. The second-order valence-corrected chi connectivity index (χ2v) is 8.40. The van der Waals surface area contributed by atoms with Crippen molar-refractivity contribution >= 4 is 23.1 Å². The molecule has 0 fully saturated rings. The molecule has 0 heterocycles. The topological polar surface area (TPSA) is 120 Å². The second kappa shape index (κ2) is 10.00. The first kappa shape index (κ1) is 24.6. The highest BCUT2D eigenvalue weighted by atomic mass is 16.2. The number of carbonyl (C=O) groups excluding carboxylic acids is 4. The molecule has 0 saturated carbocycles. The molecule has 0 aliphatic carbocycles. The van der Waals surface area contributed by atoms with Gasteiger partial charge in [0.15, 0.2) is 34.2 Å². The molecular formula is C30H24N2O4. The highest BCUT2D eigenvalue weighted by Crippen LogP contribution is 2.40. The van der Waals surface area contributed by atoms with Crippen molar-refractivity contribution in [2.75, 3.05) is 0 Å². The second-order valence-electron chi connectivity index (χ2n) is 8.40. The van der Waals surface area contributed by atoms with Crippen molar-refractivity contribution in [3.05, 3.63) is 144 Å². The van der Waals surface area contributed by atoms with E-state index in [4.69, 9.17) is 11.5 Å². The molecule has 6 nitrogen and oxygen atoms in total. The van der Waals surface area contributed by atoms with Gasteiger partial charge in [-0.1, -0.05) is 121 Å². The Hall–Kier alpha value is -4.52. The molecular weight excluding hydrogens is 452 g/mol. The van der Waals surface area contributed by atoms with Crippen molar-refractivity contribution in [2.24, 2.45) is 16.9 Å². The molecule has 0 spiro atoms. The van der Waals surface area contributed by atoms with Crippen LogP contribution in [0.3, 0.4) is 0 Å². The molecule has 4 aromatic rings. The zero-order chi connectivity index (χ0) is 25.8. The van der Waals surface area contributed by atoms with E-state index in [0.717, 1.165) is 0 Å². The van der Waals surface area contributed by atoms with Crippen molar-refractivity contribution in [1.29, 1.82) is 0 Å². The van der Waals surface area contributed by atoms with Crippen molar-refractivity contribution in [1.82, 2.24) is 0 Å². The minimum atomic E-state index is -2.80. The van der Waals surface area contributed by atoms with Gasteiger partial charge in [0.05, 0.1) is 0 Å². The number of nitrogens with two attached hydrogens (primary N) is 2. The normalized spacial score (nSPS) is 11.5. The Morgan fingerprint density at radius 1 is 0.389 bits per heavy atom. The molecule has 0 aliphatic rings. The molecule has 0 amide bonds. The van der Waals surface area contributed by atoms with Crippen LogP contribution in [0.1, 0.15) is 41.4 Å². The van der Waals surface area contributed by atoms with Crippen molar-refractivity contribution in [3.8, 4) is 0 Å². The van der Waals surface area contributed by atoms with Crippen LogP contribution in [0.5, 0.6) is 0 Å². The standard InChI is InChI=1S/C30H24N2O4/c31-30(32,28(36)24-19-11-4-12-20-24)29(25(33)21-13-5-1-6-14-21,26(34)22-15-7-2-8-16-22)27(35)23-17-9-3-10-18-23/h1-20H,31-32H2. The minimum absolute atomic E-state index is 0.0206. The summed E-state index contributed by atoms with van der Waals surface area (Å²) in [5.74, 6) is -3.79. The number of hydrogen-bond donors (Lipinski definition) is 2. The summed E-state index contributed by atoms with van der Waals surface area (Å²) in [5, 5.41) is 0. The lowest BCUT2D eigenvalue weighted by atomic mass is 9.60. The van der Waals surface area contributed by atoms with E-state index < -0.39 is 34.2 Å². The minimum Gasteiger partial charge on any atom is -0.305 e. The lowest BCUT2D eigenvalue weighted by Crippen LogP contribution is -2.75. The SMILES string of the molecule is NC(N)(C(=O)c1ccccc1)C(C(=O)c1ccccc1)(C(=O)c1ccccc1)C(=O)c1ccccc1. The van der Waals surface area contributed by atoms with E-state index >= 15 is 0 Å². The van der Waals surface area contributed by atoms with Crippen LogP contribution in [0.15, 0.2) is 121 Å². The number of rotatable bonds is 9. The largest absolute Gasteiger partial charge is 0.305 e. The van der Waals surface area contributed by atoms with Gasteiger partial charge in [0.2, 0.25) is 0 Å². The smallest absolute Gasteiger partial charge is 0.199 e. The quantitative estimate of drug-likeness (QED) is 0.213. The number of carbonyl (C=O) groups is 4. The van der Waals surface area contributed by atoms with Crippen molar-refractivity contribution < 1.29 is 19.2 Å². The van der Waals surface area contributed by atoms with Crippen LogP contribution in [0.2, 0.25) is 0 Å². The van der Waals surface area contributed by atoms with Gasteiger partial charge in [0.1, 0.15) is 0 Å². The van der Waals surface area contributed by atoms with Gasteiger partial charge in [0, 0.05) is 22.3 Å². The molecule has 0 atom stereocenters. The molecule has 4 aromatic carbocycles. The van der Waals surface area contributed by atoms with Gasteiger partial charge < -0.3 is 11.5 Å². The first-order valence-corrected chi connectivity index (χ1v) is 11.3. The fraction of sp³-hybridized carbons (Fsp3) is 0.0667. The van der Waals surface area contributed by atoms with E-state index in [1.54, 1.807) is 72.8 Å². The van der Waals surface area contributed by atoms with Gasteiger partial charge >= 0.3 is 0 Å². The Morgan fingerprint density at radius 3 is 0.861 bits per heavy atom. The zero-order valence-electron chi connectivity index (χ0n) is 19.3. The predicted octanol–water partition coefficient (Wildman–Crippen LogP) is 4.12. The Balaban J connectivity index is 2.08. The number of ketones is 4. The summed E-state index contributed by atoms with van der Waals surface area (Å²) in [6.07, 6.45) is 0.